The Kier molecular flexibility index (Phi) is 4.13. The fraction of sp³-hybridized carbons (Fsp3) is 0.125. The van der Waals surface area contributed by atoms with Crippen molar-refractivity contribution in [3.63, 3.8) is 0 Å². The summed E-state index contributed by atoms with van der Waals surface area (Å²) in [4.78, 5) is 1.16. The lowest BCUT2D eigenvalue weighted by atomic mass is 10.0. The molecule has 0 saturated heterocycles. The SMILES string of the molecule is CNC(c1ccc2cc(Br)ccc2c1)c1sccc1Cl. The third kappa shape index (κ3) is 2.63. The molecule has 3 rings (SSSR count). The topological polar surface area (TPSA) is 12.0 Å². The second-order valence-electron chi connectivity index (χ2n) is 4.61. The first-order valence-electron chi connectivity index (χ1n) is 6.28. The fourth-order valence-corrected chi connectivity index (χ4v) is 4.06. The van der Waals surface area contributed by atoms with E-state index in [1.165, 1.54) is 16.3 Å². The van der Waals surface area contributed by atoms with Gasteiger partial charge in [-0.1, -0.05) is 45.7 Å². The molecule has 1 nitrogen and oxygen atoms in total. The van der Waals surface area contributed by atoms with Crippen LogP contribution in [0.3, 0.4) is 0 Å². The second-order valence-corrected chi connectivity index (χ2v) is 6.88. The van der Waals surface area contributed by atoms with Crippen LogP contribution in [0.5, 0.6) is 0 Å². The molecular weight excluding hydrogens is 354 g/mol. The number of benzene rings is 2. The largest absolute Gasteiger partial charge is 0.309 e. The molecule has 102 valence electrons. The van der Waals surface area contributed by atoms with Crippen molar-refractivity contribution in [3.05, 3.63) is 67.8 Å². The Bertz CT molecular complexity index is 753. The van der Waals surface area contributed by atoms with Gasteiger partial charge in [0.15, 0.2) is 0 Å². The van der Waals surface area contributed by atoms with Gasteiger partial charge < -0.3 is 5.32 Å². The van der Waals surface area contributed by atoms with E-state index in [1.54, 1.807) is 11.3 Å². The zero-order valence-corrected chi connectivity index (χ0v) is 14.0. The first kappa shape index (κ1) is 14.1. The van der Waals surface area contributed by atoms with E-state index >= 15 is 0 Å². The number of rotatable bonds is 3. The van der Waals surface area contributed by atoms with Crippen molar-refractivity contribution in [2.24, 2.45) is 0 Å². The highest BCUT2D eigenvalue weighted by atomic mass is 79.9. The van der Waals surface area contributed by atoms with Crippen molar-refractivity contribution in [2.75, 3.05) is 7.05 Å². The second kappa shape index (κ2) is 5.86. The van der Waals surface area contributed by atoms with Gasteiger partial charge in [-0.05, 0) is 53.0 Å². The molecule has 2 aromatic carbocycles. The summed E-state index contributed by atoms with van der Waals surface area (Å²) in [6.07, 6.45) is 0. The van der Waals surface area contributed by atoms with Gasteiger partial charge in [-0.25, -0.2) is 0 Å². The summed E-state index contributed by atoms with van der Waals surface area (Å²) < 4.78 is 1.10. The van der Waals surface area contributed by atoms with Crippen LogP contribution in [0, 0.1) is 0 Å². The lowest BCUT2D eigenvalue weighted by Gasteiger charge is -2.16. The van der Waals surface area contributed by atoms with Crippen LogP contribution in [0.15, 0.2) is 52.3 Å². The zero-order valence-electron chi connectivity index (χ0n) is 10.9. The van der Waals surface area contributed by atoms with Gasteiger partial charge in [-0.2, -0.15) is 0 Å². The Morgan fingerprint density at radius 2 is 1.85 bits per heavy atom. The van der Waals surface area contributed by atoms with Crippen LogP contribution in [0.25, 0.3) is 10.8 Å². The average molecular weight is 367 g/mol. The summed E-state index contributed by atoms with van der Waals surface area (Å²) >= 11 is 11.5. The van der Waals surface area contributed by atoms with Crippen molar-refractivity contribution >= 4 is 49.6 Å². The van der Waals surface area contributed by atoms with Crippen LogP contribution < -0.4 is 5.32 Å². The van der Waals surface area contributed by atoms with Gasteiger partial charge in [0, 0.05) is 9.35 Å². The van der Waals surface area contributed by atoms with E-state index < -0.39 is 0 Å². The van der Waals surface area contributed by atoms with Crippen LogP contribution in [0.4, 0.5) is 0 Å². The van der Waals surface area contributed by atoms with Crippen LogP contribution in [0.1, 0.15) is 16.5 Å². The molecule has 3 aromatic rings. The standard InChI is InChI=1S/C16H13BrClNS/c1-19-15(16-14(18)6-7-20-16)12-3-2-11-9-13(17)5-4-10(11)8-12/h2-9,15,19H,1H3. The Labute approximate surface area is 135 Å². The molecule has 0 amide bonds. The van der Waals surface area contributed by atoms with Crippen LogP contribution in [-0.2, 0) is 0 Å². The van der Waals surface area contributed by atoms with Gasteiger partial charge in [-0.15, -0.1) is 11.3 Å². The molecule has 1 aromatic heterocycles. The van der Waals surface area contributed by atoms with Crippen LogP contribution >= 0.6 is 38.9 Å². The molecule has 0 aliphatic carbocycles. The monoisotopic (exact) mass is 365 g/mol. The Hall–Kier alpha value is -0.870. The quantitative estimate of drug-likeness (QED) is 0.634. The van der Waals surface area contributed by atoms with Crippen molar-refractivity contribution in [2.45, 2.75) is 6.04 Å². The van der Waals surface area contributed by atoms with E-state index in [4.69, 9.17) is 11.6 Å². The summed E-state index contributed by atoms with van der Waals surface area (Å²) in [6, 6.07) is 14.9. The van der Waals surface area contributed by atoms with E-state index in [0.717, 1.165) is 14.4 Å². The number of thiophene rings is 1. The molecule has 0 fully saturated rings. The maximum atomic E-state index is 6.27. The molecule has 1 unspecified atom stereocenters. The summed E-state index contributed by atoms with van der Waals surface area (Å²) in [6.45, 7) is 0. The van der Waals surface area contributed by atoms with Crippen molar-refractivity contribution < 1.29 is 0 Å². The molecule has 0 saturated carbocycles. The molecule has 4 heteroatoms. The number of nitrogens with one attached hydrogen (secondary N) is 1. The Morgan fingerprint density at radius 1 is 1.10 bits per heavy atom. The van der Waals surface area contributed by atoms with Gasteiger partial charge in [0.2, 0.25) is 0 Å². The average Bonchev–Trinajstić information content (AvgIpc) is 2.86. The lowest BCUT2D eigenvalue weighted by Crippen LogP contribution is -2.16. The molecule has 1 heterocycles. The maximum absolute atomic E-state index is 6.27. The Balaban J connectivity index is 2.08. The molecule has 0 aliphatic rings. The highest BCUT2D eigenvalue weighted by Gasteiger charge is 2.16. The highest BCUT2D eigenvalue weighted by molar-refractivity contribution is 9.10. The molecular formula is C16H13BrClNS. The first-order chi connectivity index (χ1) is 9.69. The predicted molar refractivity (Wildman–Crippen MR) is 91.9 cm³/mol. The minimum absolute atomic E-state index is 0.135. The smallest absolute Gasteiger partial charge is 0.0683 e. The fourth-order valence-electron chi connectivity index (χ4n) is 2.38. The zero-order chi connectivity index (χ0) is 14.1. The van der Waals surface area contributed by atoms with Crippen molar-refractivity contribution in [1.82, 2.24) is 5.32 Å². The maximum Gasteiger partial charge on any atom is 0.0683 e. The molecule has 0 radical (unpaired) electrons. The summed E-state index contributed by atoms with van der Waals surface area (Å²) in [5.74, 6) is 0. The number of hydrogen-bond acceptors (Lipinski definition) is 2. The van der Waals surface area contributed by atoms with Crippen LogP contribution in [-0.4, -0.2) is 7.05 Å². The van der Waals surface area contributed by atoms with Gasteiger partial charge in [0.05, 0.1) is 11.1 Å². The summed E-state index contributed by atoms with van der Waals surface area (Å²) in [5.41, 5.74) is 1.23. The third-order valence-electron chi connectivity index (χ3n) is 3.36. The minimum atomic E-state index is 0.135. The Morgan fingerprint density at radius 3 is 2.55 bits per heavy atom. The summed E-state index contributed by atoms with van der Waals surface area (Å²) in [7, 11) is 1.96. The highest BCUT2D eigenvalue weighted by Crippen LogP contribution is 2.34. The van der Waals surface area contributed by atoms with Crippen molar-refractivity contribution in [1.29, 1.82) is 0 Å². The van der Waals surface area contributed by atoms with E-state index in [2.05, 4.69) is 57.6 Å². The first-order valence-corrected chi connectivity index (χ1v) is 8.33. The van der Waals surface area contributed by atoms with E-state index in [-0.39, 0.29) is 6.04 Å². The number of fused-ring (bicyclic) bond motifs is 1. The van der Waals surface area contributed by atoms with Gasteiger partial charge in [-0.3, -0.25) is 0 Å². The molecule has 0 aliphatic heterocycles. The van der Waals surface area contributed by atoms with Gasteiger partial charge in [0.1, 0.15) is 0 Å². The molecule has 0 bridgehead atoms. The summed E-state index contributed by atoms with van der Waals surface area (Å²) in [5, 5.41) is 8.67. The molecule has 0 spiro atoms. The van der Waals surface area contributed by atoms with Gasteiger partial charge in [0.25, 0.3) is 0 Å². The number of hydrogen-bond donors (Lipinski definition) is 1. The predicted octanol–water partition coefficient (Wildman–Crippen LogP) is 5.63. The van der Waals surface area contributed by atoms with Crippen LogP contribution in [0.2, 0.25) is 5.02 Å². The molecule has 1 N–H and O–H groups in total. The third-order valence-corrected chi connectivity index (χ3v) is 5.27. The van der Waals surface area contributed by atoms with E-state index in [9.17, 15) is 0 Å². The lowest BCUT2D eigenvalue weighted by molar-refractivity contribution is 0.705. The molecule has 20 heavy (non-hydrogen) atoms. The molecule has 1 atom stereocenters. The number of halogens is 2. The van der Waals surface area contributed by atoms with Crippen molar-refractivity contribution in [3.8, 4) is 0 Å². The van der Waals surface area contributed by atoms with Gasteiger partial charge >= 0.3 is 0 Å². The normalized spacial score (nSPS) is 12.8. The van der Waals surface area contributed by atoms with E-state index in [0.29, 0.717) is 0 Å². The minimum Gasteiger partial charge on any atom is -0.309 e. The van der Waals surface area contributed by atoms with E-state index in [1.807, 2.05) is 18.5 Å².